The molecule has 0 saturated heterocycles. The third-order valence-electron chi connectivity index (χ3n) is 23.2. The van der Waals surface area contributed by atoms with Crippen molar-refractivity contribution < 1.29 is 76.7 Å². The van der Waals surface area contributed by atoms with Gasteiger partial charge in [-0.25, -0.2) is 28.8 Å². The molecule has 3 aliphatic rings. The van der Waals surface area contributed by atoms with E-state index in [0.717, 1.165) is 85.8 Å². The normalized spacial score (nSPS) is 11.9. The molecule has 3 aliphatic carbocycles. The Morgan fingerprint density at radius 3 is 1.40 bits per heavy atom. The smallest absolute Gasteiger partial charge is 0.335 e. The van der Waals surface area contributed by atoms with Gasteiger partial charge in [0.2, 0.25) is 11.8 Å². The molecule has 18 nitrogen and oxygen atoms in total. The van der Waals surface area contributed by atoms with Crippen LogP contribution in [0.25, 0.3) is 87.9 Å². The molecule has 0 saturated carbocycles. The fourth-order valence-corrected chi connectivity index (χ4v) is 17.2. The number of phenols is 1. The van der Waals surface area contributed by atoms with Gasteiger partial charge in [0.1, 0.15) is 42.3 Å². The van der Waals surface area contributed by atoms with Gasteiger partial charge < -0.3 is 44.2 Å². The zero-order valence-electron chi connectivity index (χ0n) is 78.9. The van der Waals surface area contributed by atoms with Gasteiger partial charge in [-0.3, -0.25) is 14.4 Å². The standard InChI is InChI=1S/C19H16O2.C17H14O2.C16H14O3.2C15H15NO.C15H12O2.C13H8Cl2O2.C13H10O3/c1-2-19(20)21-13-18-16-9-5-3-7-14(16)11-12-15-8-4-6-10-17(15)18;1-2-17(18)19-11-16-14-9-5-3-7-12(14)13-8-4-6-10-15(13)16;1-3-16(18)19-15-7-6-13-9-12(8-11(2)17)4-5-14(13)10-15;1-3-15(17)16-11(2)13-10-6-8-12-7-4-5-9-14(12)13;1-2-15(17)16-11-10-13-8-5-7-12-6-3-4-9-14(12)13;1-2-14(16)17-13-9-11-7-3-5-10-6-4-8-12(13)15(10)11;1-2-12(16)17-13-9-6-4-3-5-8(9)10(14)7-11(13)15;1-2-13(15)16-12-6-4-9-7-11(14)5-3-10(9)8-12/h2-12,18H,1,13H2;2-10,16H,1,11H2;3-7,9-10H,1,8H2,2H3;3-11H,1H2,2H3,(H,16,17);2-9H,1,10-11H2,(H,16,17);2-8,13H,1,9H2;2-7H,1H2;2-8,14H,1H2. The van der Waals surface area contributed by atoms with Crippen LogP contribution in [0.5, 0.6) is 23.0 Å². The van der Waals surface area contributed by atoms with Gasteiger partial charge in [0.05, 0.1) is 16.1 Å². The molecule has 16 aromatic carbocycles. The van der Waals surface area contributed by atoms with Crippen molar-refractivity contribution in [2.75, 3.05) is 19.8 Å². The number of nitrogens with one attached hydrogen (secondary N) is 2. The molecule has 0 heterocycles. The van der Waals surface area contributed by atoms with E-state index in [9.17, 15) is 48.3 Å². The van der Waals surface area contributed by atoms with Crippen LogP contribution in [0.3, 0.4) is 0 Å². The van der Waals surface area contributed by atoms with Gasteiger partial charge >= 0.3 is 35.8 Å². The topological polar surface area (TPSA) is 253 Å². The first kappa shape index (κ1) is 104. The number of aromatic hydroxyl groups is 1. The molecule has 0 aliphatic heterocycles. The number of ketones is 1. The summed E-state index contributed by atoms with van der Waals surface area (Å²) in [5.74, 6) is -1.16. The van der Waals surface area contributed by atoms with E-state index >= 15 is 0 Å². The minimum atomic E-state index is -0.556. The molecule has 2 unspecified atom stereocenters. The molecule has 2 amide bonds. The lowest BCUT2D eigenvalue weighted by Crippen LogP contribution is -2.24. The minimum absolute atomic E-state index is 0.0217. The number of esters is 6. The number of halogens is 2. The van der Waals surface area contributed by atoms with Crippen molar-refractivity contribution in [3.05, 3.63) is 494 Å². The van der Waals surface area contributed by atoms with E-state index in [1.807, 2.05) is 159 Å². The summed E-state index contributed by atoms with van der Waals surface area (Å²) in [6.07, 6.45) is 15.6. The van der Waals surface area contributed by atoms with Crippen molar-refractivity contribution in [2.45, 2.75) is 57.1 Å². The maximum absolute atomic E-state index is 11.4. The first-order chi connectivity index (χ1) is 69.3. The number of Topliss-reactive ketones (excluding diaryl/α,β-unsaturated/α-hetero) is 1. The Bertz CT molecular complexity index is 7440. The maximum Gasteiger partial charge on any atom is 0.335 e. The van der Waals surface area contributed by atoms with Gasteiger partial charge in [0.25, 0.3) is 0 Å². The molecule has 16 aromatic rings. The SMILES string of the molecule is C=CC(=O)NC(C)c1cccc2ccccc12.C=CC(=O)NCCc1cccc2ccccc12.C=CC(=O)OC1Cc2cccc3cccc1c23.C=CC(=O)OCC1c2ccccc2-c2ccccc21.C=CC(=O)OCC1c2ccccc2C=Cc2ccccc21.C=CC(=O)Oc1c(Cl)cc(Cl)c2ccccc12.C=CC(=O)Oc1ccc2cc(CC(C)=O)ccc2c1.C=CC(=O)Oc1ccc2cc(O)ccc2c1. The lowest BCUT2D eigenvalue weighted by Gasteiger charge is -2.19. The van der Waals surface area contributed by atoms with Crippen molar-refractivity contribution in [3.63, 3.8) is 0 Å². The summed E-state index contributed by atoms with van der Waals surface area (Å²) in [7, 11) is 0. The quantitative estimate of drug-likeness (QED) is 0.0233. The van der Waals surface area contributed by atoms with Crippen LogP contribution in [0.4, 0.5) is 0 Å². The fourth-order valence-electron chi connectivity index (χ4n) is 16.6. The summed E-state index contributed by atoms with van der Waals surface area (Å²) in [6, 6.07) is 104. The number of fused-ring (bicyclic) bond motifs is 10. The van der Waals surface area contributed by atoms with E-state index in [4.69, 9.17) is 51.6 Å². The van der Waals surface area contributed by atoms with Gasteiger partial charge in [-0.15, -0.1) is 0 Å². The van der Waals surface area contributed by atoms with Crippen molar-refractivity contribution in [2.24, 2.45) is 0 Å². The Labute approximate surface area is 840 Å². The number of hydrogen-bond donors (Lipinski definition) is 3. The second kappa shape index (κ2) is 51.8. The summed E-state index contributed by atoms with van der Waals surface area (Å²) in [6.45, 7) is 32.1. The highest BCUT2D eigenvalue weighted by Gasteiger charge is 2.30. The van der Waals surface area contributed by atoms with Crippen LogP contribution in [0.2, 0.25) is 10.0 Å². The third-order valence-corrected chi connectivity index (χ3v) is 23.8. The van der Waals surface area contributed by atoms with E-state index < -0.39 is 17.9 Å². The first-order valence-electron chi connectivity index (χ1n) is 45.7. The first-order valence-corrected chi connectivity index (χ1v) is 46.5. The fraction of sp³-hybridized carbons (Fsp3) is 0.0976. The molecule has 20 heteroatoms. The van der Waals surface area contributed by atoms with E-state index in [0.29, 0.717) is 58.9 Å². The Balaban J connectivity index is 0.000000146. The molecular formula is C123H104Cl2N2O16. The number of rotatable bonds is 23. The molecule has 0 aromatic heterocycles. The Hall–Kier alpha value is -17.5. The van der Waals surface area contributed by atoms with Crippen LogP contribution in [0.15, 0.2) is 423 Å². The highest BCUT2D eigenvalue weighted by Crippen LogP contribution is 2.46. The second-order valence-electron chi connectivity index (χ2n) is 32.6. The van der Waals surface area contributed by atoms with Crippen molar-refractivity contribution >= 4 is 153 Å². The molecule has 0 spiro atoms. The number of ether oxygens (including phenoxy) is 6. The number of carbonyl (C=O) groups is 9. The third kappa shape index (κ3) is 28.4. The highest BCUT2D eigenvalue weighted by atomic mass is 35.5. The maximum atomic E-state index is 11.4. The molecule has 716 valence electrons. The van der Waals surface area contributed by atoms with E-state index in [-0.39, 0.29) is 65.2 Å². The lowest BCUT2D eigenvalue weighted by molar-refractivity contribution is -0.143. The zero-order valence-corrected chi connectivity index (χ0v) is 80.4. The van der Waals surface area contributed by atoms with Crippen molar-refractivity contribution in [1.82, 2.24) is 10.6 Å². The Morgan fingerprint density at radius 2 is 0.832 bits per heavy atom. The molecule has 19 rings (SSSR count). The number of amides is 2. The van der Waals surface area contributed by atoms with Crippen LogP contribution in [-0.4, -0.2) is 78.3 Å². The number of carbonyl (C=O) groups excluding carboxylic acids is 9. The summed E-state index contributed by atoms with van der Waals surface area (Å²) >= 11 is 12.1. The van der Waals surface area contributed by atoms with E-state index in [1.54, 1.807) is 67.6 Å². The average Bonchev–Trinajstić information content (AvgIpc) is 1.57. The van der Waals surface area contributed by atoms with Crippen LogP contribution in [0.1, 0.15) is 99.0 Å². The summed E-state index contributed by atoms with van der Waals surface area (Å²) in [4.78, 5) is 101. The van der Waals surface area contributed by atoms with E-state index in [2.05, 4.69) is 185 Å². The predicted molar refractivity (Wildman–Crippen MR) is 573 cm³/mol. The summed E-state index contributed by atoms with van der Waals surface area (Å²) in [5, 5.41) is 28.3. The van der Waals surface area contributed by atoms with Crippen molar-refractivity contribution in [1.29, 1.82) is 0 Å². The second-order valence-corrected chi connectivity index (χ2v) is 33.4. The molecule has 0 bridgehead atoms. The molecular weight excluding hydrogens is 1830 g/mol. The lowest BCUT2D eigenvalue weighted by atomic mass is 9.88. The molecule has 2 atom stereocenters. The molecule has 3 N–H and O–H groups in total. The van der Waals surface area contributed by atoms with E-state index in [1.165, 1.54) is 107 Å². The van der Waals surface area contributed by atoms with Gasteiger partial charge in [-0.1, -0.05) is 367 Å². The van der Waals surface area contributed by atoms with Gasteiger partial charge in [0.15, 0.2) is 5.75 Å². The largest absolute Gasteiger partial charge is 0.508 e. The Morgan fingerprint density at radius 1 is 0.392 bits per heavy atom. The average molecular weight is 1940 g/mol. The molecule has 0 fully saturated rings. The molecule has 143 heavy (non-hydrogen) atoms. The summed E-state index contributed by atoms with van der Waals surface area (Å²) in [5.41, 5.74) is 15.3. The summed E-state index contributed by atoms with van der Waals surface area (Å²) < 4.78 is 31.1. The predicted octanol–water partition coefficient (Wildman–Crippen LogP) is 26.6. The minimum Gasteiger partial charge on any atom is -0.508 e. The van der Waals surface area contributed by atoms with Gasteiger partial charge in [-0.2, -0.15) is 0 Å². The van der Waals surface area contributed by atoms with Crippen molar-refractivity contribution in [3.8, 4) is 34.1 Å². The number of benzene rings is 16. The monoisotopic (exact) mass is 1930 g/mol. The molecule has 0 radical (unpaired) electrons. The Kier molecular flexibility index (Phi) is 37.8. The van der Waals surface area contributed by atoms with Crippen LogP contribution >= 0.6 is 23.2 Å². The highest BCUT2D eigenvalue weighted by molar-refractivity contribution is 6.40. The van der Waals surface area contributed by atoms with Gasteiger partial charge in [0, 0.05) is 84.0 Å². The number of phenolic OH excluding ortho intramolecular Hbond substituents is 1. The van der Waals surface area contributed by atoms with Gasteiger partial charge in [-0.05, 0) is 196 Å². The zero-order chi connectivity index (χ0) is 102. The van der Waals surface area contributed by atoms with Crippen LogP contribution in [-0.2, 0) is 76.6 Å². The van der Waals surface area contributed by atoms with Crippen LogP contribution < -0.4 is 24.8 Å². The van der Waals surface area contributed by atoms with Crippen LogP contribution in [0, 0.1) is 0 Å². The number of hydrogen-bond acceptors (Lipinski definition) is 16.